The van der Waals surface area contributed by atoms with Crippen molar-refractivity contribution in [1.29, 1.82) is 0 Å². The van der Waals surface area contributed by atoms with Crippen LogP contribution in [0.5, 0.6) is 0 Å². The molecule has 1 aromatic carbocycles. The molecule has 0 aliphatic rings. The molecule has 0 aliphatic heterocycles. The minimum absolute atomic E-state index is 0.0450. The molecular formula is C10H9FN2. The fraction of sp³-hybridized carbons (Fsp3) is 0.100. The summed E-state index contributed by atoms with van der Waals surface area (Å²) >= 11 is 0. The summed E-state index contributed by atoms with van der Waals surface area (Å²) in [6.45, 7) is 1.95. The zero-order valence-electron chi connectivity index (χ0n) is 7.21. The summed E-state index contributed by atoms with van der Waals surface area (Å²) in [5.41, 5.74) is 7.15. The lowest BCUT2D eigenvalue weighted by Crippen LogP contribution is -1.95. The normalized spacial score (nSPS) is 10.6. The Hall–Kier alpha value is -1.64. The van der Waals surface area contributed by atoms with E-state index in [-0.39, 0.29) is 5.82 Å². The van der Waals surface area contributed by atoms with Crippen LogP contribution in [-0.4, -0.2) is 4.98 Å². The van der Waals surface area contributed by atoms with Gasteiger partial charge in [-0.1, -0.05) is 11.6 Å². The highest BCUT2D eigenvalue weighted by Gasteiger charge is 2.02. The van der Waals surface area contributed by atoms with Gasteiger partial charge >= 0.3 is 0 Å². The molecule has 0 radical (unpaired) electrons. The van der Waals surface area contributed by atoms with Gasteiger partial charge in [0.2, 0.25) is 0 Å². The Morgan fingerprint density at radius 2 is 2.08 bits per heavy atom. The Balaban J connectivity index is 2.81. The second-order valence-electron chi connectivity index (χ2n) is 3.05. The Morgan fingerprint density at radius 1 is 1.31 bits per heavy atom. The van der Waals surface area contributed by atoms with Crippen LogP contribution in [0.1, 0.15) is 5.56 Å². The van der Waals surface area contributed by atoms with Crippen molar-refractivity contribution >= 4 is 16.7 Å². The molecule has 1 heterocycles. The van der Waals surface area contributed by atoms with Crippen LogP contribution >= 0.6 is 0 Å². The van der Waals surface area contributed by atoms with Crippen LogP contribution < -0.4 is 5.73 Å². The second kappa shape index (κ2) is 2.69. The number of nitrogen functional groups attached to an aromatic ring is 1. The van der Waals surface area contributed by atoms with Crippen LogP contribution in [0, 0.1) is 12.7 Å². The van der Waals surface area contributed by atoms with E-state index in [2.05, 4.69) is 4.98 Å². The van der Waals surface area contributed by atoms with Crippen molar-refractivity contribution in [3.8, 4) is 0 Å². The number of benzene rings is 1. The van der Waals surface area contributed by atoms with Gasteiger partial charge < -0.3 is 5.73 Å². The number of pyridine rings is 1. The minimum Gasteiger partial charge on any atom is -0.381 e. The average Bonchev–Trinajstić information content (AvgIpc) is 2.08. The SMILES string of the molecule is Cc1ccc2nc(N)c(F)cc2c1. The van der Waals surface area contributed by atoms with E-state index in [9.17, 15) is 4.39 Å². The third-order valence-corrected chi connectivity index (χ3v) is 1.95. The van der Waals surface area contributed by atoms with E-state index in [0.717, 1.165) is 16.5 Å². The van der Waals surface area contributed by atoms with E-state index < -0.39 is 5.82 Å². The highest BCUT2D eigenvalue weighted by molar-refractivity contribution is 5.80. The number of rotatable bonds is 0. The summed E-state index contributed by atoms with van der Waals surface area (Å²) in [4.78, 5) is 3.92. The first-order valence-electron chi connectivity index (χ1n) is 3.99. The van der Waals surface area contributed by atoms with Gasteiger partial charge in [0.05, 0.1) is 5.52 Å². The molecule has 0 bridgehead atoms. The van der Waals surface area contributed by atoms with E-state index >= 15 is 0 Å². The van der Waals surface area contributed by atoms with Gasteiger partial charge in [-0.2, -0.15) is 0 Å². The van der Waals surface area contributed by atoms with E-state index in [4.69, 9.17) is 5.73 Å². The highest BCUT2D eigenvalue weighted by Crippen LogP contribution is 2.17. The van der Waals surface area contributed by atoms with Gasteiger partial charge in [0.1, 0.15) is 0 Å². The summed E-state index contributed by atoms with van der Waals surface area (Å²) in [7, 11) is 0. The molecule has 1 aromatic heterocycles. The summed E-state index contributed by atoms with van der Waals surface area (Å²) in [5.74, 6) is -0.505. The molecule has 13 heavy (non-hydrogen) atoms. The average molecular weight is 176 g/mol. The zero-order valence-corrected chi connectivity index (χ0v) is 7.21. The highest BCUT2D eigenvalue weighted by atomic mass is 19.1. The fourth-order valence-electron chi connectivity index (χ4n) is 1.29. The molecule has 2 rings (SSSR count). The van der Waals surface area contributed by atoms with Gasteiger partial charge in [0.25, 0.3) is 0 Å². The molecule has 0 saturated carbocycles. The standard InChI is InChI=1S/C10H9FN2/c1-6-2-3-9-7(4-6)5-8(11)10(12)13-9/h2-5H,1H3,(H2,12,13). The number of nitrogens with two attached hydrogens (primary N) is 1. The summed E-state index contributed by atoms with van der Waals surface area (Å²) < 4.78 is 13.0. The van der Waals surface area contributed by atoms with Gasteiger partial charge in [-0.3, -0.25) is 0 Å². The largest absolute Gasteiger partial charge is 0.381 e. The number of fused-ring (bicyclic) bond motifs is 1. The van der Waals surface area contributed by atoms with Crippen LogP contribution in [0.3, 0.4) is 0 Å². The Kier molecular flexibility index (Phi) is 1.65. The topological polar surface area (TPSA) is 38.9 Å². The van der Waals surface area contributed by atoms with Crippen molar-refractivity contribution in [1.82, 2.24) is 4.98 Å². The van der Waals surface area contributed by atoms with Crippen LogP contribution in [0.25, 0.3) is 10.9 Å². The Morgan fingerprint density at radius 3 is 2.85 bits per heavy atom. The summed E-state index contributed by atoms with van der Waals surface area (Å²) in [5, 5.41) is 0.784. The smallest absolute Gasteiger partial charge is 0.165 e. The molecule has 0 fully saturated rings. The third kappa shape index (κ3) is 1.33. The molecule has 3 heteroatoms. The van der Waals surface area contributed by atoms with E-state index in [0.29, 0.717) is 0 Å². The molecule has 2 aromatic rings. The predicted octanol–water partition coefficient (Wildman–Crippen LogP) is 2.26. The minimum atomic E-state index is -0.460. The molecule has 0 saturated heterocycles. The molecule has 2 nitrogen and oxygen atoms in total. The van der Waals surface area contributed by atoms with Gasteiger partial charge in [0.15, 0.2) is 11.6 Å². The van der Waals surface area contributed by atoms with Crippen LogP contribution in [0.2, 0.25) is 0 Å². The monoisotopic (exact) mass is 176 g/mol. The molecule has 0 spiro atoms. The van der Waals surface area contributed by atoms with Gasteiger partial charge in [-0.15, -0.1) is 0 Å². The maximum Gasteiger partial charge on any atom is 0.165 e. The number of halogens is 1. The number of hydrogen-bond acceptors (Lipinski definition) is 2. The van der Waals surface area contributed by atoms with Crippen molar-refractivity contribution < 1.29 is 4.39 Å². The first kappa shape index (κ1) is 7.98. The van der Waals surface area contributed by atoms with E-state index in [1.807, 2.05) is 25.1 Å². The van der Waals surface area contributed by atoms with Crippen molar-refractivity contribution in [3.05, 3.63) is 35.6 Å². The lowest BCUT2D eigenvalue weighted by Gasteiger charge is -2.00. The van der Waals surface area contributed by atoms with Gasteiger partial charge in [-0.25, -0.2) is 9.37 Å². The number of hydrogen-bond donors (Lipinski definition) is 1. The van der Waals surface area contributed by atoms with Gasteiger partial charge in [-0.05, 0) is 25.1 Å². The third-order valence-electron chi connectivity index (χ3n) is 1.95. The van der Waals surface area contributed by atoms with Crippen LogP contribution in [-0.2, 0) is 0 Å². The van der Waals surface area contributed by atoms with Crippen LogP contribution in [0.15, 0.2) is 24.3 Å². The van der Waals surface area contributed by atoms with E-state index in [1.54, 1.807) is 0 Å². The lowest BCUT2D eigenvalue weighted by molar-refractivity contribution is 0.630. The number of nitrogens with zero attached hydrogens (tertiary/aromatic N) is 1. The Bertz CT molecular complexity index is 466. The zero-order chi connectivity index (χ0) is 9.42. The fourth-order valence-corrected chi connectivity index (χ4v) is 1.29. The molecule has 0 atom stereocenters. The maximum atomic E-state index is 13.0. The molecule has 66 valence electrons. The molecular weight excluding hydrogens is 167 g/mol. The molecule has 2 N–H and O–H groups in total. The first-order chi connectivity index (χ1) is 6.16. The van der Waals surface area contributed by atoms with Gasteiger partial charge in [0, 0.05) is 5.39 Å². The van der Waals surface area contributed by atoms with Crippen molar-refractivity contribution in [2.75, 3.05) is 5.73 Å². The van der Waals surface area contributed by atoms with E-state index in [1.165, 1.54) is 6.07 Å². The molecule has 0 unspecified atom stereocenters. The number of anilines is 1. The first-order valence-corrected chi connectivity index (χ1v) is 3.99. The maximum absolute atomic E-state index is 13.0. The van der Waals surface area contributed by atoms with Crippen molar-refractivity contribution in [3.63, 3.8) is 0 Å². The molecule has 0 aliphatic carbocycles. The lowest BCUT2D eigenvalue weighted by atomic mass is 10.1. The summed E-state index contributed by atoms with van der Waals surface area (Å²) in [6, 6.07) is 7.04. The number of aromatic nitrogens is 1. The van der Waals surface area contributed by atoms with Crippen molar-refractivity contribution in [2.24, 2.45) is 0 Å². The van der Waals surface area contributed by atoms with Crippen LogP contribution in [0.4, 0.5) is 10.2 Å². The second-order valence-corrected chi connectivity index (χ2v) is 3.05. The van der Waals surface area contributed by atoms with Crippen molar-refractivity contribution in [2.45, 2.75) is 6.92 Å². The number of aryl methyl sites for hydroxylation is 1. The molecule has 0 amide bonds. The quantitative estimate of drug-likeness (QED) is 0.668. The summed E-state index contributed by atoms with van der Waals surface area (Å²) in [6.07, 6.45) is 0. The predicted molar refractivity (Wildman–Crippen MR) is 50.9 cm³/mol. The Labute approximate surface area is 75.2 Å².